The Hall–Kier alpha value is -1.66. The van der Waals surface area contributed by atoms with E-state index in [2.05, 4.69) is 15.3 Å². The Bertz CT molecular complexity index is 651. The van der Waals surface area contributed by atoms with Crippen LogP contribution in [0.25, 0.3) is 11.2 Å². The molecule has 6 heteroatoms. The van der Waals surface area contributed by atoms with Crippen LogP contribution in [0.2, 0.25) is 0 Å². The first kappa shape index (κ1) is 14.0. The fourth-order valence-electron chi connectivity index (χ4n) is 3.58. The number of hydrogen-bond donors (Lipinski definition) is 2. The normalized spacial score (nSPS) is 26.0. The molecule has 4 rings (SSSR count). The van der Waals surface area contributed by atoms with Gasteiger partial charge in [0.25, 0.3) is 0 Å². The highest BCUT2D eigenvalue weighted by atomic mass is 16.5. The van der Waals surface area contributed by atoms with Gasteiger partial charge in [0.05, 0.1) is 24.7 Å². The summed E-state index contributed by atoms with van der Waals surface area (Å²) in [4.78, 5) is 9.04. The fraction of sp³-hybridized carbons (Fsp3) is 0.625. The Morgan fingerprint density at radius 1 is 1.23 bits per heavy atom. The first-order chi connectivity index (χ1) is 10.8. The third-order valence-corrected chi connectivity index (χ3v) is 4.77. The monoisotopic (exact) mass is 302 g/mol. The number of anilines is 1. The number of fused-ring (bicyclic) bond motifs is 1. The number of nitrogens with zero attached hydrogens (tertiary/aromatic N) is 3. The molecule has 0 radical (unpaired) electrons. The molecule has 2 aromatic heterocycles. The molecule has 0 unspecified atom stereocenters. The third kappa shape index (κ3) is 2.46. The molecule has 118 valence electrons. The molecule has 2 atom stereocenters. The minimum atomic E-state index is -0.0728. The Morgan fingerprint density at radius 3 is 2.86 bits per heavy atom. The predicted molar refractivity (Wildman–Crippen MR) is 83.6 cm³/mol. The fourth-order valence-corrected chi connectivity index (χ4v) is 3.58. The Labute approximate surface area is 129 Å². The van der Waals surface area contributed by atoms with Crippen molar-refractivity contribution in [3.63, 3.8) is 0 Å². The molecule has 2 N–H and O–H groups in total. The summed E-state index contributed by atoms with van der Waals surface area (Å²) >= 11 is 0. The van der Waals surface area contributed by atoms with E-state index < -0.39 is 0 Å². The molecular weight excluding hydrogens is 280 g/mol. The molecule has 0 aromatic carbocycles. The van der Waals surface area contributed by atoms with E-state index in [9.17, 15) is 5.11 Å². The molecule has 0 spiro atoms. The largest absolute Gasteiger partial charge is 0.394 e. The number of rotatable bonds is 4. The van der Waals surface area contributed by atoms with Crippen LogP contribution in [0, 0.1) is 0 Å². The maximum absolute atomic E-state index is 9.22. The lowest BCUT2D eigenvalue weighted by atomic mass is 10.2. The number of hydrogen-bond acceptors (Lipinski definition) is 5. The zero-order valence-electron chi connectivity index (χ0n) is 12.6. The quantitative estimate of drug-likeness (QED) is 0.907. The highest BCUT2D eigenvalue weighted by Crippen LogP contribution is 2.32. The molecule has 2 fully saturated rings. The molecule has 0 amide bonds. The van der Waals surface area contributed by atoms with Crippen molar-refractivity contribution in [2.75, 3.05) is 11.9 Å². The van der Waals surface area contributed by atoms with Gasteiger partial charge >= 0.3 is 0 Å². The van der Waals surface area contributed by atoms with E-state index in [1.54, 1.807) is 0 Å². The zero-order valence-corrected chi connectivity index (χ0v) is 12.6. The van der Waals surface area contributed by atoms with Crippen molar-refractivity contribution in [1.82, 2.24) is 14.5 Å². The average molecular weight is 302 g/mol. The standard InChI is InChI=1S/C16H22N4O2/c21-9-12-5-6-14(22-12)20-10-18-15-13(7-8-17-16(15)20)19-11-3-1-2-4-11/h7-8,10-12,14,21H,1-6,9H2,(H,17,19)/t12-,14+/m0/s1. The number of aromatic nitrogens is 3. The number of ether oxygens (including phenoxy) is 1. The van der Waals surface area contributed by atoms with Crippen LogP contribution in [0.15, 0.2) is 18.6 Å². The first-order valence-corrected chi connectivity index (χ1v) is 8.19. The molecule has 1 saturated heterocycles. The summed E-state index contributed by atoms with van der Waals surface area (Å²) in [6.45, 7) is 0.0744. The predicted octanol–water partition coefficient (Wildman–Crippen LogP) is 2.46. The van der Waals surface area contributed by atoms with Crippen LogP contribution in [0.3, 0.4) is 0 Å². The van der Waals surface area contributed by atoms with Gasteiger partial charge in [0, 0.05) is 12.2 Å². The van der Waals surface area contributed by atoms with Crippen LogP contribution in [-0.4, -0.2) is 38.4 Å². The van der Waals surface area contributed by atoms with Gasteiger partial charge in [0.15, 0.2) is 5.65 Å². The highest BCUT2D eigenvalue weighted by Gasteiger charge is 2.27. The molecule has 2 aliphatic rings. The van der Waals surface area contributed by atoms with Crippen molar-refractivity contribution in [3.05, 3.63) is 18.6 Å². The summed E-state index contributed by atoms with van der Waals surface area (Å²) < 4.78 is 7.84. The topological polar surface area (TPSA) is 72.2 Å². The smallest absolute Gasteiger partial charge is 0.164 e. The summed E-state index contributed by atoms with van der Waals surface area (Å²) in [6, 6.07) is 2.56. The molecule has 1 aliphatic carbocycles. The second kappa shape index (κ2) is 5.85. The Morgan fingerprint density at radius 2 is 2.09 bits per heavy atom. The number of aliphatic hydroxyl groups excluding tert-OH is 1. The van der Waals surface area contributed by atoms with Gasteiger partial charge in [0.1, 0.15) is 11.7 Å². The van der Waals surface area contributed by atoms with Crippen molar-refractivity contribution < 1.29 is 9.84 Å². The number of imidazole rings is 1. The summed E-state index contributed by atoms with van der Waals surface area (Å²) in [6.07, 6.45) is 10.3. The SMILES string of the molecule is OC[C@@H]1CC[C@H](n2cnc3c(NC4CCCC4)ccnc32)O1. The van der Waals surface area contributed by atoms with Crippen LogP contribution in [0.1, 0.15) is 44.8 Å². The molecule has 3 heterocycles. The van der Waals surface area contributed by atoms with Gasteiger partial charge in [-0.1, -0.05) is 12.8 Å². The molecule has 22 heavy (non-hydrogen) atoms. The van der Waals surface area contributed by atoms with E-state index in [0.29, 0.717) is 6.04 Å². The Balaban J connectivity index is 1.62. The van der Waals surface area contributed by atoms with Crippen LogP contribution < -0.4 is 5.32 Å². The summed E-state index contributed by atoms with van der Waals surface area (Å²) in [5, 5.41) is 12.8. The molecule has 1 aliphatic heterocycles. The van der Waals surface area contributed by atoms with Crippen LogP contribution in [0.5, 0.6) is 0 Å². The maximum Gasteiger partial charge on any atom is 0.164 e. The number of aliphatic hydroxyl groups is 1. The highest BCUT2D eigenvalue weighted by molar-refractivity contribution is 5.85. The average Bonchev–Trinajstić information content (AvgIpc) is 3.27. The lowest BCUT2D eigenvalue weighted by Gasteiger charge is -2.15. The third-order valence-electron chi connectivity index (χ3n) is 4.77. The molecule has 1 saturated carbocycles. The van der Waals surface area contributed by atoms with E-state index in [1.807, 2.05) is 23.2 Å². The van der Waals surface area contributed by atoms with Crippen LogP contribution in [-0.2, 0) is 4.74 Å². The van der Waals surface area contributed by atoms with Gasteiger partial charge in [-0.05, 0) is 31.7 Å². The van der Waals surface area contributed by atoms with Gasteiger partial charge in [-0.25, -0.2) is 9.97 Å². The van der Waals surface area contributed by atoms with Gasteiger partial charge in [-0.2, -0.15) is 0 Å². The van der Waals surface area contributed by atoms with Crippen LogP contribution in [0.4, 0.5) is 5.69 Å². The number of pyridine rings is 1. The number of nitrogens with one attached hydrogen (secondary N) is 1. The van der Waals surface area contributed by atoms with Crippen molar-refractivity contribution in [1.29, 1.82) is 0 Å². The van der Waals surface area contributed by atoms with Gasteiger partial charge in [-0.15, -0.1) is 0 Å². The van der Waals surface area contributed by atoms with Gasteiger partial charge in [-0.3, -0.25) is 4.57 Å². The van der Waals surface area contributed by atoms with Crippen molar-refractivity contribution in [2.45, 2.75) is 56.9 Å². The molecule has 0 bridgehead atoms. The zero-order chi connectivity index (χ0) is 14.9. The van der Waals surface area contributed by atoms with E-state index in [-0.39, 0.29) is 18.9 Å². The van der Waals surface area contributed by atoms with Gasteiger partial charge < -0.3 is 15.2 Å². The van der Waals surface area contributed by atoms with Crippen molar-refractivity contribution in [2.24, 2.45) is 0 Å². The Kier molecular flexibility index (Phi) is 3.72. The van der Waals surface area contributed by atoms with Gasteiger partial charge in [0.2, 0.25) is 0 Å². The van der Waals surface area contributed by atoms with Crippen molar-refractivity contribution >= 4 is 16.9 Å². The maximum atomic E-state index is 9.22. The summed E-state index contributed by atoms with van der Waals surface area (Å²) in [7, 11) is 0. The second-order valence-electron chi connectivity index (χ2n) is 6.28. The second-order valence-corrected chi connectivity index (χ2v) is 6.28. The van der Waals surface area contributed by atoms with E-state index >= 15 is 0 Å². The van der Waals surface area contributed by atoms with Crippen molar-refractivity contribution in [3.8, 4) is 0 Å². The lowest BCUT2D eigenvalue weighted by molar-refractivity contribution is -0.0207. The lowest BCUT2D eigenvalue weighted by Crippen LogP contribution is -2.15. The minimum Gasteiger partial charge on any atom is -0.394 e. The molecular formula is C16H22N4O2. The van der Waals surface area contributed by atoms with E-state index in [1.165, 1.54) is 25.7 Å². The minimum absolute atomic E-state index is 0.0674. The summed E-state index contributed by atoms with van der Waals surface area (Å²) in [5.41, 5.74) is 2.82. The molecule has 6 nitrogen and oxygen atoms in total. The van der Waals surface area contributed by atoms with E-state index in [4.69, 9.17) is 4.74 Å². The summed E-state index contributed by atoms with van der Waals surface area (Å²) in [5.74, 6) is 0. The molecule has 2 aromatic rings. The first-order valence-electron chi connectivity index (χ1n) is 8.19. The van der Waals surface area contributed by atoms with Crippen LogP contribution >= 0.6 is 0 Å². The van der Waals surface area contributed by atoms with E-state index in [0.717, 1.165) is 29.7 Å².